The number of rotatable bonds is 3. The first-order chi connectivity index (χ1) is 9.38. The summed E-state index contributed by atoms with van der Waals surface area (Å²) >= 11 is 0. The molecular weight excluding hydrogens is 236 g/mol. The summed E-state index contributed by atoms with van der Waals surface area (Å²) in [6, 6.07) is 9.59. The van der Waals surface area contributed by atoms with E-state index in [1.54, 1.807) is 11.1 Å². The highest BCUT2D eigenvalue weighted by Gasteiger charge is 2.28. The summed E-state index contributed by atoms with van der Waals surface area (Å²) in [7, 11) is 0. The third-order valence-electron chi connectivity index (χ3n) is 4.60. The zero-order chi connectivity index (χ0) is 13.1. The second kappa shape index (κ2) is 6.04. The lowest BCUT2D eigenvalue weighted by molar-refractivity contribution is 0.0772. The van der Waals surface area contributed by atoms with Gasteiger partial charge in [-0.2, -0.15) is 0 Å². The Morgan fingerprint density at radius 1 is 1.11 bits per heavy atom. The number of fused-ring (bicyclic) bond motifs is 1. The van der Waals surface area contributed by atoms with Crippen LogP contribution in [0, 0.1) is 0 Å². The van der Waals surface area contributed by atoms with Crippen LogP contribution in [0.25, 0.3) is 0 Å². The van der Waals surface area contributed by atoms with Gasteiger partial charge in [0.1, 0.15) is 0 Å². The fourth-order valence-corrected chi connectivity index (χ4v) is 3.55. The van der Waals surface area contributed by atoms with Crippen molar-refractivity contribution in [2.75, 3.05) is 39.3 Å². The average molecular weight is 260 g/mol. The maximum absolute atomic E-state index is 9.01. The first-order valence-electron chi connectivity index (χ1n) is 7.53. The minimum absolute atomic E-state index is 0.284. The Bertz CT molecular complexity index is 413. The third-order valence-corrected chi connectivity index (χ3v) is 4.60. The normalized spacial score (nSPS) is 25.2. The Labute approximate surface area is 115 Å². The predicted molar refractivity (Wildman–Crippen MR) is 77.2 cm³/mol. The zero-order valence-corrected chi connectivity index (χ0v) is 11.6. The summed E-state index contributed by atoms with van der Waals surface area (Å²) in [4.78, 5) is 5.01. The van der Waals surface area contributed by atoms with Gasteiger partial charge in [0, 0.05) is 38.8 Å². The SMILES string of the molecule is OCCN1CCN([C@H]2CCCc3ccccc32)CC1. The highest BCUT2D eigenvalue weighted by atomic mass is 16.3. The Hall–Kier alpha value is -0.900. The van der Waals surface area contributed by atoms with Gasteiger partial charge in [-0.15, -0.1) is 0 Å². The Kier molecular flexibility index (Phi) is 4.16. The molecule has 0 aromatic heterocycles. The summed E-state index contributed by atoms with van der Waals surface area (Å²) in [6.45, 7) is 5.58. The van der Waals surface area contributed by atoms with Crippen LogP contribution in [0.5, 0.6) is 0 Å². The van der Waals surface area contributed by atoms with Crippen molar-refractivity contribution in [3.8, 4) is 0 Å². The molecule has 1 N–H and O–H groups in total. The Morgan fingerprint density at radius 2 is 1.89 bits per heavy atom. The topological polar surface area (TPSA) is 26.7 Å². The van der Waals surface area contributed by atoms with Crippen LogP contribution in [0.1, 0.15) is 30.0 Å². The van der Waals surface area contributed by atoms with Crippen LogP contribution in [0.3, 0.4) is 0 Å². The first kappa shape index (κ1) is 13.1. The molecule has 104 valence electrons. The van der Waals surface area contributed by atoms with E-state index in [0.29, 0.717) is 6.04 Å². The smallest absolute Gasteiger partial charge is 0.0558 e. The van der Waals surface area contributed by atoms with Crippen LogP contribution in [0.15, 0.2) is 24.3 Å². The van der Waals surface area contributed by atoms with Crippen molar-refractivity contribution in [1.82, 2.24) is 9.80 Å². The van der Waals surface area contributed by atoms with Gasteiger partial charge in [0.05, 0.1) is 6.61 Å². The van der Waals surface area contributed by atoms with Crippen molar-refractivity contribution >= 4 is 0 Å². The molecular formula is C16H24N2O. The molecule has 1 fully saturated rings. The summed E-state index contributed by atoms with van der Waals surface area (Å²) in [5.74, 6) is 0. The lowest BCUT2D eigenvalue weighted by atomic mass is 9.86. The molecule has 1 heterocycles. The van der Waals surface area contributed by atoms with Crippen molar-refractivity contribution in [2.24, 2.45) is 0 Å². The standard InChI is InChI=1S/C16H24N2O/c19-13-12-17-8-10-18(11-9-17)16-7-3-5-14-4-1-2-6-15(14)16/h1-2,4,6,16,19H,3,5,7-13H2/t16-/m0/s1. The molecule has 0 bridgehead atoms. The zero-order valence-electron chi connectivity index (χ0n) is 11.6. The molecule has 1 aliphatic carbocycles. The molecule has 1 saturated heterocycles. The number of hydrogen-bond donors (Lipinski definition) is 1. The Balaban J connectivity index is 1.68. The van der Waals surface area contributed by atoms with Gasteiger partial charge in [0.2, 0.25) is 0 Å². The van der Waals surface area contributed by atoms with Gasteiger partial charge in [0.15, 0.2) is 0 Å². The van der Waals surface area contributed by atoms with E-state index < -0.39 is 0 Å². The lowest BCUT2D eigenvalue weighted by Crippen LogP contribution is -2.48. The van der Waals surface area contributed by atoms with E-state index in [2.05, 4.69) is 34.1 Å². The van der Waals surface area contributed by atoms with Crippen LogP contribution in [0.4, 0.5) is 0 Å². The first-order valence-corrected chi connectivity index (χ1v) is 7.53. The minimum Gasteiger partial charge on any atom is -0.395 e. The quantitative estimate of drug-likeness (QED) is 0.895. The van der Waals surface area contributed by atoms with E-state index in [4.69, 9.17) is 5.11 Å². The molecule has 0 amide bonds. The molecule has 3 rings (SSSR count). The molecule has 1 atom stereocenters. The van der Waals surface area contributed by atoms with E-state index in [1.165, 1.54) is 19.3 Å². The van der Waals surface area contributed by atoms with Crippen molar-refractivity contribution in [3.05, 3.63) is 35.4 Å². The van der Waals surface area contributed by atoms with Crippen LogP contribution >= 0.6 is 0 Å². The van der Waals surface area contributed by atoms with Gasteiger partial charge in [-0.05, 0) is 30.4 Å². The van der Waals surface area contributed by atoms with Crippen LogP contribution in [0.2, 0.25) is 0 Å². The Morgan fingerprint density at radius 3 is 2.68 bits per heavy atom. The second-order valence-corrected chi connectivity index (χ2v) is 5.71. The number of piperazine rings is 1. The predicted octanol–water partition coefficient (Wildman–Crippen LogP) is 1.67. The maximum atomic E-state index is 9.01. The van der Waals surface area contributed by atoms with E-state index >= 15 is 0 Å². The van der Waals surface area contributed by atoms with Crippen molar-refractivity contribution in [2.45, 2.75) is 25.3 Å². The van der Waals surface area contributed by atoms with Crippen molar-refractivity contribution in [1.29, 1.82) is 0 Å². The van der Waals surface area contributed by atoms with Crippen molar-refractivity contribution in [3.63, 3.8) is 0 Å². The molecule has 0 unspecified atom stereocenters. The number of aliphatic hydroxyl groups excluding tert-OH is 1. The van der Waals surface area contributed by atoms with Crippen LogP contribution in [-0.4, -0.2) is 54.2 Å². The fraction of sp³-hybridized carbons (Fsp3) is 0.625. The van der Waals surface area contributed by atoms with Gasteiger partial charge in [-0.25, -0.2) is 0 Å². The third kappa shape index (κ3) is 2.83. The largest absolute Gasteiger partial charge is 0.395 e. The summed E-state index contributed by atoms with van der Waals surface area (Å²) in [5, 5.41) is 9.01. The molecule has 3 heteroatoms. The molecule has 0 radical (unpaired) electrons. The van der Waals surface area contributed by atoms with E-state index in [0.717, 1.165) is 32.7 Å². The number of aryl methyl sites for hydroxylation is 1. The monoisotopic (exact) mass is 260 g/mol. The minimum atomic E-state index is 0.284. The van der Waals surface area contributed by atoms with Gasteiger partial charge in [-0.1, -0.05) is 24.3 Å². The summed E-state index contributed by atoms with van der Waals surface area (Å²) in [5.41, 5.74) is 3.11. The fourth-order valence-electron chi connectivity index (χ4n) is 3.55. The summed E-state index contributed by atoms with van der Waals surface area (Å²) in [6.07, 6.45) is 3.87. The second-order valence-electron chi connectivity index (χ2n) is 5.71. The lowest BCUT2D eigenvalue weighted by Gasteiger charge is -2.41. The van der Waals surface area contributed by atoms with Crippen molar-refractivity contribution < 1.29 is 5.11 Å². The summed E-state index contributed by atoms with van der Waals surface area (Å²) < 4.78 is 0. The molecule has 1 aromatic carbocycles. The molecule has 2 aliphatic rings. The number of β-amino-alcohol motifs (C(OH)–C–C–N with tert-alkyl or cyclic N) is 1. The van der Waals surface area contributed by atoms with E-state index in [9.17, 15) is 0 Å². The van der Waals surface area contributed by atoms with Gasteiger partial charge >= 0.3 is 0 Å². The molecule has 1 aromatic rings. The average Bonchev–Trinajstić information content (AvgIpc) is 2.48. The molecule has 1 aliphatic heterocycles. The molecule has 0 spiro atoms. The van der Waals surface area contributed by atoms with Gasteiger partial charge in [-0.3, -0.25) is 9.80 Å². The van der Waals surface area contributed by atoms with Crippen LogP contribution in [-0.2, 0) is 6.42 Å². The van der Waals surface area contributed by atoms with E-state index in [1.807, 2.05) is 0 Å². The van der Waals surface area contributed by atoms with E-state index in [-0.39, 0.29) is 6.61 Å². The number of hydrogen-bond acceptors (Lipinski definition) is 3. The van der Waals surface area contributed by atoms with Gasteiger partial charge < -0.3 is 5.11 Å². The molecule has 3 nitrogen and oxygen atoms in total. The highest BCUT2D eigenvalue weighted by Crippen LogP contribution is 2.34. The number of benzene rings is 1. The number of nitrogens with zero attached hydrogens (tertiary/aromatic N) is 2. The molecule has 19 heavy (non-hydrogen) atoms. The molecule has 0 saturated carbocycles. The van der Waals surface area contributed by atoms with Gasteiger partial charge in [0.25, 0.3) is 0 Å². The maximum Gasteiger partial charge on any atom is 0.0558 e. The number of aliphatic hydroxyl groups is 1. The highest BCUT2D eigenvalue weighted by molar-refractivity contribution is 5.32. The van der Waals surface area contributed by atoms with Crippen LogP contribution < -0.4 is 0 Å².